The minimum absolute atomic E-state index is 0.272. The third kappa shape index (κ3) is 5.56. The van der Waals surface area contributed by atoms with Crippen LogP contribution in [0.5, 0.6) is 0 Å². The topological polar surface area (TPSA) is 83.7 Å². The first-order valence-corrected chi connectivity index (χ1v) is 14.8. The highest BCUT2D eigenvalue weighted by atomic mass is 32.2. The quantitative estimate of drug-likeness (QED) is 0.208. The molecule has 5 aromatic rings. The van der Waals surface area contributed by atoms with Gasteiger partial charge in [-0.15, -0.1) is 0 Å². The average molecular weight is 544 g/mol. The SMILES string of the molecule is Cc1ccc(C(=Cc2cccc(-c3cc(C(C)(C)C#N)cc4cccnc34)c2)c2ccc(S(C)(=O)=O)cc2)nc1. The number of aryl methyl sites for hydroxylation is 1. The van der Waals surface area contributed by atoms with Crippen LogP contribution in [0.25, 0.3) is 33.7 Å². The molecule has 0 atom stereocenters. The Morgan fingerprint density at radius 2 is 1.70 bits per heavy atom. The maximum absolute atomic E-state index is 12.0. The molecule has 0 bridgehead atoms. The highest BCUT2D eigenvalue weighted by Crippen LogP contribution is 2.35. The van der Waals surface area contributed by atoms with Crippen molar-refractivity contribution in [2.45, 2.75) is 31.1 Å². The van der Waals surface area contributed by atoms with Gasteiger partial charge >= 0.3 is 0 Å². The van der Waals surface area contributed by atoms with E-state index in [1.165, 1.54) is 6.26 Å². The normalized spacial score (nSPS) is 12.3. The molecular formula is C34H29N3O2S. The molecule has 198 valence electrons. The van der Waals surface area contributed by atoms with Crippen LogP contribution in [0, 0.1) is 18.3 Å². The highest BCUT2D eigenvalue weighted by Gasteiger charge is 2.22. The van der Waals surface area contributed by atoms with E-state index in [2.05, 4.69) is 40.3 Å². The van der Waals surface area contributed by atoms with Crippen LogP contribution in [0.3, 0.4) is 0 Å². The number of hydrogen-bond donors (Lipinski definition) is 0. The Kier molecular flexibility index (Phi) is 7.10. The molecule has 5 rings (SSSR count). The van der Waals surface area contributed by atoms with Gasteiger partial charge in [0, 0.05) is 35.2 Å². The summed E-state index contributed by atoms with van der Waals surface area (Å²) in [5.74, 6) is 0. The summed E-state index contributed by atoms with van der Waals surface area (Å²) < 4.78 is 24.1. The Labute approximate surface area is 235 Å². The van der Waals surface area contributed by atoms with Crippen molar-refractivity contribution in [2.24, 2.45) is 0 Å². The van der Waals surface area contributed by atoms with Crippen molar-refractivity contribution in [3.05, 3.63) is 125 Å². The maximum atomic E-state index is 12.0. The molecule has 5 nitrogen and oxygen atoms in total. The van der Waals surface area contributed by atoms with Crippen molar-refractivity contribution in [3.8, 4) is 17.2 Å². The summed E-state index contributed by atoms with van der Waals surface area (Å²) in [6.07, 6.45) is 6.88. The van der Waals surface area contributed by atoms with E-state index in [0.717, 1.165) is 55.6 Å². The summed E-state index contributed by atoms with van der Waals surface area (Å²) in [5, 5.41) is 10.8. The predicted octanol–water partition coefficient (Wildman–Crippen LogP) is 7.40. The van der Waals surface area contributed by atoms with E-state index < -0.39 is 15.3 Å². The molecule has 2 heterocycles. The molecule has 0 spiro atoms. The van der Waals surface area contributed by atoms with Gasteiger partial charge in [-0.3, -0.25) is 9.97 Å². The van der Waals surface area contributed by atoms with Crippen LogP contribution in [-0.4, -0.2) is 24.6 Å². The number of nitrogens with zero attached hydrogens (tertiary/aromatic N) is 3. The summed E-state index contributed by atoms with van der Waals surface area (Å²) in [7, 11) is -3.31. The molecule has 0 aliphatic carbocycles. The van der Waals surface area contributed by atoms with E-state index >= 15 is 0 Å². The summed E-state index contributed by atoms with van der Waals surface area (Å²) in [4.78, 5) is 9.61. The number of sulfone groups is 1. The van der Waals surface area contributed by atoms with Gasteiger partial charge in [0.05, 0.1) is 27.6 Å². The third-order valence-electron chi connectivity index (χ3n) is 7.00. The van der Waals surface area contributed by atoms with Gasteiger partial charge < -0.3 is 0 Å². The van der Waals surface area contributed by atoms with Crippen molar-refractivity contribution in [1.82, 2.24) is 9.97 Å². The molecule has 0 unspecified atom stereocenters. The van der Waals surface area contributed by atoms with Gasteiger partial charge in [-0.05, 0) is 97.1 Å². The molecule has 0 radical (unpaired) electrons. The Morgan fingerprint density at radius 3 is 2.38 bits per heavy atom. The fourth-order valence-electron chi connectivity index (χ4n) is 4.61. The zero-order valence-corrected chi connectivity index (χ0v) is 23.7. The number of fused-ring (bicyclic) bond motifs is 1. The molecule has 0 aliphatic heterocycles. The molecule has 2 aromatic heterocycles. The molecule has 40 heavy (non-hydrogen) atoms. The Balaban J connectivity index is 1.67. The van der Waals surface area contributed by atoms with E-state index in [1.807, 2.05) is 81.6 Å². The van der Waals surface area contributed by atoms with E-state index in [-0.39, 0.29) is 4.90 Å². The molecule has 0 N–H and O–H groups in total. The smallest absolute Gasteiger partial charge is 0.175 e. The number of nitriles is 1. The minimum atomic E-state index is -3.31. The number of aromatic nitrogens is 2. The first kappa shape index (κ1) is 27.0. The van der Waals surface area contributed by atoms with Gasteiger partial charge in [-0.2, -0.15) is 5.26 Å². The molecule has 6 heteroatoms. The molecule has 0 saturated heterocycles. The Bertz CT molecular complexity index is 1900. The molecule has 0 amide bonds. The number of rotatable bonds is 6. The van der Waals surface area contributed by atoms with Crippen LogP contribution in [0.1, 0.15) is 41.8 Å². The van der Waals surface area contributed by atoms with Crippen molar-refractivity contribution in [2.75, 3.05) is 6.26 Å². The van der Waals surface area contributed by atoms with Crippen LogP contribution >= 0.6 is 0 Å². The Hall–Kier alpha value is -4.60. The summed E-state index contributed by atoms with van der Waals surface area (Å²) >= 11 is 0. The Morgan fingerprint density at radius 1 is 0.925 bits per heavy atom. The van der Waals surface area contributed by atoms with E-state index in [1.54, 1.807) is 18.3 Å². The van der Waals surface area contributed by atoms with Crippen molar-refractivity contribution in [3.63, 3.8) is 0 Å². The fraction of sp³-hybridized carbons (Fsp3) is 0.147. The summed E-state index contributed by atoms with van der Waals surface area (Å²) in [5.41, 5.74) is 7.62. The summed E-state index contributed by atoms with van der Waals surface area (Å²) in [6, 6.07) is 29.5. The number of pyridine rings is 2. The van der Waals surface area contributed by atoms with Crippen molar-refractivity contribution < 1.29 is 8.42 Å². The molecule has 3 aromatic carbocycles. The lowest BCUT2D eigenvalue weighted by Crippen LogP contribution is -2.14. The van der Waals surface area contributed by atoms with Crippen molar-refractivity contribution in [1.29, 1.82) is 5.26 Å². The predicted molar refractivity (Wildman–Crippen MR) is 161 cm³/mol. The lowest BCUT2D eigenvalue weighted by atomic mass is 9.83. The third-order valence-corrected chi connectivity index (χ3v) is 8.12. The van der Waals surface area contributed by atoms with Gasteiger partial charge in [-0.25, -0.2) is 8.42 Å². The molecule has 0 saturated carbocycles. The van der Waals surface area contributed by atoms with E-state index in [4.69, 9.17) is 0 Å². The standard InChI is InChI=1S/C34H29N3O2S/c1-23-10-15-32(37-21-23)30(25-11-13-29(14-12-25)40(4,38)39)18-24-7-5-8-26(17-24)31-20-28(34(2,3)22-35)19-27-9-6-16-36-33(27)31/h5-21H,1-4H3. The zero-order valence-electron chi connectivity index (χ0n) is 22.9. The molecule has 0 aliphatic rings. The monoisotopic (exact) mass is 543 g/mol. The number of hydrogen-bond acceptors (Lipinski definition) is 5. The molecular weight excluding hydrogens is 514 g/mol. The van der Waals surface area contributed by atoms with Crippen LogP contribution < -0.4 is 0 Å². The first-order chi connectivity index (χ1) is 19.0. The second kappa shape index (κ2) is 10.5. The van der Waals surface area contributed by atoms with Crippen LogP contribution in [0.2, 0.25) is 0 Å². The van der Waals surface area contributed by atoms with Crippen LogP contribution in [0.15, 0.2) is 102 Å². The van der Waals surface area contributed by atoms with Crippen molar-refractivity contribution >= 4 is 32.4 Å². The summed E-state index contributed by atoms with van der Waals surface area (Å²) in [6.45, 7) is 5.83. The largest absolute Gasteiger partial charge is 0.256 e. The van der Waals surface area contributed by atoms with Gasteiger partial charge in [-0.1, -0.05) is 42.5 Å². The van der Waals surface area contributed by atoms with E-state index in [0.29, 0.717) is 0 Å². The molecule has 0 fully saturated rings. The second-order valence-electron chi connectivity index (χ2n) is 10.5. The average Bonchev–Trinajstić information content (AvgIpc) is 2.95. The lowest BCUT2D eigenvalue weighted by Gasteiger charge is -2.19. The highest BCUT2D eigenvalue weighted by molar-refractivity contribution is 7.90. The van der Waals surface area contributed by atoms with Gasteiger partial charge in [0.15, 0.2) is 9.84 Å². The van der Waals surface area contributed by atoms with Crippen LogP contribution in [0.4, 0.5) is 0 Å². The van der Waals surface area contributed by atoms with E-state index in [9.17, 15) is 13.7 Å². The van der Waals surface area contributed by atoms with Gasteiger partial charge in [0.1, 0.15) is 0 Å². The second-order valence-corrected chi connectivity index (χ2v) is 12.6. The minimum Gasteiger partial charge on any atom is -0.256 e. The van der Waals surface area contributed by atoms with Crippen LogP contribution in [-0.2, 0) is 15.3 Å². The lowest BCUT2D eigenvalue weighted by molar-refractivity contribution is 0.602. The zero-order chi connectivity index (χ0) is 28.5. The first-order valence-electron chi connectivity index (χ1n) is 12.9. The van der Waals surface area contributed by atoms with Gasteiger partial charge in [0.25, 0.3) is 0 Å². The number of benzene rings is 3. The van der Waals surface area contributed by atoms with Gasteiger partial charge in [0.2, 0.25) is 0 Å². The fourth-order valence-corrected chi connectivity index (χ4v) is 5.24. The maximum Gasteiger partial charge on any atom is 0.175 e.